The van der Waals surface area contributed by atoms with E-state index in [1.54, 1.807) is 0 Å². The highest BCUT2D eigenvalue weighted by molar-refractivity contribution is 5.03. The van der Waals surface area contributed by atoms with E-state index in [0.29, 0.717) is 6.04 Å². The van der Waals surface area contributed by atoms with Crippen molar-refractivity contribution >= 4 is 0 Å². The molecule has 3 heterocycles. The maximum absolute atomic E-state index is 5.28. The normalized spacial score (nSPS) is 30.6. The third-order valence-corrected chi connectivity index (χ3v) is 3.66. The summed E-state index contributed by atoms with van der Waals surface area (Å²) >= 11 is 0. The third kappa shape index (κ3) is 2.13. The van der Waals surface area contributed by atoms with Crippen LogP contribution in [0.4, 0.5) is 0 Å². The van der Waals surface area contributed by atoms with Gasteiger partial charge in [0.25, 0.3) is 0 Å². The lowest BCUT2D eigenvalue weighted by Crippen LogP contribution is -2.34. The Morgan fingerprint density at radius 2 is 2.31 bits per heavy atom. The quantitative estimate of drug-likeness (QED) is 0.817. The minimum atomic E-state index is 0.691. The van der Waals surface area contributed by atoms with Crippen LogP contribution in [0, 0.1) is 6.92 Å². The van der Waals surface area contributed by atoms with Gasteiger partial charge in [0.05, 0.1) is 12.2 Å². The fraction of sp³-hybridized carbons (Fsp3) is 0.750. The average molecular weight is 221 g/mol. The number of hydrogen-bond acceptors (Lipinski definition) is 4. The number of nitrogens with one attached hydrogen (secondary N) is 1. The van der Waals surface area contributed by atoms with Gasteiger partial charge in [-0.05, 0) is 26.2 Å². The van der Waals surface area contributed by atoms with Gasteiger partial charge in [-0.1, -0.05) is 5.16 Å². The highest BCUT2D eigenvalue weighted by atomic mass is 16.5. The molecule has 4 nitrogen and oxygen atoms in total. The second kappa shape index (κ2) is 4.18. The Kier molecular flexibility index (Phi) is 2.69. The van der Waals surface area contributed by atoms with Crippen LogP contribution in [-0.2, 0) is 6.54 Å². The first kappa shape index (κ1) is 10.3. The lowest BCUT2D eigenvalue weighted by molar-refractivity contribution is 0.220. The smallest absolute Gasteiger partial charge is 0.150 e. The van der Waals surface area contributed by atoms with Crippen LogP contribution < -0.4 is 5.32 Å². The Balaban J connectivity index is 1.63. The van der Waals surface area contributed by atoms with E-state index >= 15 is 0 Å². The van der Waals surface area contributed by atoms with Crippen molar-refractivity contribution < 1.29 is 4.52 Å². The minimum absolute atomic E-state index is 0.691. The summed E-state index contributed by atoms with van der Waals surface area (Å²) in [7, 11) is 0. The van der Waals surface area contributed by atoms with Gasteiger partial charge in [0.15, 0.2) is 5.76 Å². The standard InChI is InChI=1S/C12H19N3O/c1-9-6-12(16-14-9)8-15-5-4-10-2-3-11(7-15)13-10/h6,10-11,13H,2-5,7-8H2,1H3. The lowest BCUT2D eigenvalue weighted by Gasteiger charge is -2.22. The number of nitrogens with zero attached hydrogens (tertiary/aromatic N) is 2. The topological polar surface area (TPSA) is 41.3 Å². The minimum Gasteiger partial charge on any atom is -0.360 e. The fourth-order valence-corrected chi connectivity index (χ4v) is 2.87. The molecule has 16 heavy (non-hydrogen) atoms. The zero-order valence-electron chi connectivity index (χ0n) is 9.78. The van der Waals surface area contributed by atoms with Crippen molar-refractivity contribution in [3.05, 3.63) is 17.5 Å². The molecule has 0 aromatic carbocycles. The van der Waals surface area contributed by atoms with Gasteiger partial charge in [-0.25, -0.2) is 0 Å². The lowest BCUT2D eigenvalue weighted by atomic mass is 10.1. The van der Waals surface area contributed by atoms with Crippen molar-refractivity contribution in [2.75, 3.05) is 13.1 Å². The monoisotopic (exact) mass is 221 g/mol. The van der Waals surface area contributed by atoms with E-state index in [-0.39, 0.29) is 0 Å². The van der Waals surface area contributed by atoms with Crippen molar-refractivity contribution in [3.8, 4) is 0 Å². The summed E-state index contributed by atoms with van der Waals surface area (Å²) in [5.41, 5.74) is 0.976. The van der Waals surface area contributed by atoms with E-state index in [4.69, 9.17) is 4.52 Å². The van der Waals surface area contributed by atoms with E-state index in [9.17, 15) is 0 Å². The molecule has 2 atom stereocenters. The van der Waals surface area contributed by atoms with Crippen LogP contribution in [0.1, 0.15) is 30.7 Å². The molecule has 0 aliphatic carbocycles. The molecule has 0 spiro atoms. The largest absolute Gasteiger partial charge is 0.360 e. The second-order valence-electron chi connectivity index (χ2n) is 5.10. The molecular weight excluding hydrogens is 202 g/mol. The SMILES string of the molecule is Cc1cc(CN2CCC3CCC(C2)N3)on1. The Labute approximate surface area is 96.0 Å². The van der Waals surface area contributed by atoms with Crippen molar-refractivity contribution in [1.29, 1.82) is 0 Å². The van der Waals surface area contributed by atoms with E-state index in [2.05, 4.69) is 15.4 Å². The number of hydrogen-bond donors (Lipinski definition) is 1. The van der Waals surface area contributed by atoms with E-state index < -0.39 is 0 Å². The van der Waals surface area contributed by atoms with Crippen LogP contribution in [-0.4, -0.2) is 35.2 Å². The number of fused-ring (bicyclic) bond motifs is 2. The number of likely N-dealkylation sites (tertiary alicyclic amines) is 1. The highest BCUT2D eigenvalue weighted by Gasteiger charge is 2.29. The van der Waals surface area contributed by atoms with Crippen molar-refractivity contribution in [2.45, 2.75) is 44.8 Å². The molecule has 0 saturated carbocycles. The van der Waals surface area contributed by atoms with Gasteiger partial charge in [-0.2, -0.15) is 0 Å². The van der Waals surface area contributed by atoms with Crippen molar-refractivity contribution in [3.63, 3.8) is 0 Å². The molecule has 1 aromatic rings. The first-order chi connectivity index (χ1) is 7.79. The molecule has 4 heteroatoms. The summed E-state index contributed by atoms with van der Waals surface area (Å²) in [5, 5.41) is 7.62. The molecule has 2 aliphatic heterocycles. The predicted molar refractivity (Wildman–Crippen MR) is 61.1 cm³/mol. The zero-order chi connectivity index (χ0) is 11.0. The molecule has 2 fully saturated rings. The van der Waals surface area contributed by atoms with Gasteiger partial charge >= 0.3 is 0 Å². The zero-order valence-corrected chi connectivity index (χ0v) is 9.78. The third-order valence-electron chi connectivity index (χ3n) is 3.66. The first-order valence-corrected chi connectivity index (χ1v) is 6.20. The summed E-state index contributed by atoms with van der Waals surface area (Å²) in [6.45, 7) is 5.20. The van der Waals surface area contributed by atoms with Gasteiger partial charge in [0.2, 0.25) is 0 Å². The van der Waals surface area contributed by atoms with Crippen molar-refractivity contribution in [2.24, 2.45) is 0 Å². The maximum Gasteiger partial charge on any atom is 0.150 e. The first-order valence-electron chi connectivity index (χ1n) is 6.20. The summed E-state index contributed by atoms with van der Waals surface area (Å²) in [6, 6.07) is 3.49. The summed E-state index contributed by atoms with van der Waals surface area (Å²) < 4.78 is 5.28. The van der Waals surface area contributed by atoms with Gasteiger partial charge in [0.1, 0.15) is 0 Å². The molecule has 2 unspecified atom stereocenters. The van der Waals surface area contributed by atoms with Gasteiger partial charge in [-0.15, -0.1) is 0 Å². The van der Waals surface area contributed by atoms with Crippen LogP contribution in [0.25, 0.3) is 0 Å². The fourth-order valence-electron chi connectivity index (χ4n) is 2.87. The number of rotatable bonds is 2. The molecule has 2 saturated heterocycles. The van der Waals surface area contributed by atoms with Crippen LogP contribution >= 0.6 is 0 Å². The molecular formula is C12H19N3O. The summed E-state index contributed by atoms with van der Waals surface area (Å²) in [5.74, 6) is 0.996. The molecule has 1 N–H and O–H groups in total. The molecule has 0 amide bonds. The van der Waals surface area contributed by atoms with Crippen LogP contribution in [0.3, 0.4) is 0 Å². The molecule has 2 bridgehead atoms. The molecule has 2 aliphatic rings. The molecule has 1 aromatic heterocycles. The molecule has 88 valence electrons. The Morgan fingerprint density at radius 1 is 1.44 bits per heavy atom. The van der Waals surface area contributed by atoms with Crippen molar-refractivity contribution in [1.82, 2.24) is 15.4 Å². The van der Waals surface area contributed by atoms with E-state index in [0.717, 1.165) is 30.6 Å². The van der Waals surface area contributed by atoms with Gasteiger partial charge in [0, 0.05) is 31.2 Å². The molecule has 3 rings (SSSR count). The van der Waals surface area contributed by atoms with Gasteiger partial charge in [-0.3, -0.25) is 4.90 Å². The van der Waals surface area contributed by atoms with Crippen LogP contribution in [0.5, 0.6) is 0 Å². The highest BCUT2D eigenvalue weighted by Crippen LogP contribution is 2.21. The van der Waals surface area contributed by atoms with E-state index in [1.807, 2.05) is 13.0 Å². The molecule has 0 radical (unpaired) electrons. The summed E-state index contributed by atoms with van der Waals surface area (Å²) in [6.07, 6.45) is 3.96. The second-order valence-corrected chi connectivity index (χ2v) is 5.10. The van der Waals surface area contributed by atoms with Crippen LogP contribution in [0.15, 0.2) is 10.6 Å². The van der Waals surface area contributed by atoms with Crippen LogP contribution in [0.2, 0.25) is 0 Å². The predicted octanol–water partition coefficient (Wildman–Crippen LogP) is 1.31. The Morgan fingerprint density at radius 3 is 3.12 bits per heavy atom. The average Bonchev–Trinajstić information content (AvgIpc) is 2.77. The number of aromatic nitrogens is 1. The maximum atomic E-state index is 5.28. The Hall–Kier alpha value is -0.870. The Bertz CT molecular complexity index is 363. The number of aryl methyl sites for hydroxylation is 1. The van der Waals surface area contributed by atoms with Gasteiger partial charge < -0.3 is 9.84 Å². The van der Waals surface area contributed by atoms with E-state index in [1.165, 1.54) is 25.8 Å². The summed E-state index contributed by atoms with van der Waals surface area (Å²) in [4.78, 5) is 2.48.